The molecule has 0 N–H and O–H groups in total. The maximum Gasteiger partial charge on any atom is 0.123 e. The SMILES string of the molecule is CCN(CC)C[C@@H](C)CC[C@H]1O[C@H]2C[C@H]3[C@@H]4CC[C@@H]5C[C@@H](OCc6ccc(F)cc6)CC[C@]5(C)[C@H]4CC[C@]3(C)[C@H]2[C@@H]1C. The Balaban J connectivity index is 1.05. The average molecular weight is 582 g/mol. The number of ether oxygens (including phenoxy) is 2. The van der Waals surface area contributed by atoms with E-state index in [1.54, 1.807) is 12.1 Å². The molecule has 236 valence electrons. The van der Waals surface area contributed by atoms with E-state index >= 15 is 0 Å². The number of hydrogen-bond donors (Lipinski definition) is 0. The summed E-state index contributed by atoms with van der Waals surface area (Å²) in [5, 5.41) is 0. The molecule has 1 aromatic rings. The van der Waals surface area contributed by atoms with E-state index in [2.05, 4.69) is 46.4 Å². The standard InChI is InChI=1S/C38H60FNO2/c1-7-40(8-2)23-25(3)9-16-34-26(4)36-35(42-34)22-33-31-15-12-28-21-30(41-24-27-10-13-29(39)14-11-27)17-19-37(28,5)32(31)18-20-38(33,36)6/h10-11,13-14,25-26,28,30-36H,7-9,12,15-24H2,1-6H3/t25-,26+,28+,30-,31+,32-,33-,34+,35-,36-,37-,38-/m0/s1. The molecule has 1 heterocycles. The van der Waals surface area contributed by atoms with Crippen LogP contribution in [-0.4, -0.2) is 42.8 Å². The molecular weight excluding hydrogens is 521 g/mol. The van der Waals surface area contributed by atoms with E-state index in [0.29, 0.717) is 41.7 Å². The highest BCUT2D eigenvalue weighted by Crippen LogP contribution is 2.70. The van der Waals surface area contributed by atoms with E-state index < -0.39 is 0 Å². The molecule has 4 heteroatoms. The fourth-order valence-electron chi connectivity index (χ4n) is 11.6. The molecule has 0 spiro atoms. The molecule has 42 heavy (non-hydrogen) atoms. The third-order valence-corrected chi connectivity index (χ3v) is 14.0. The second-order valence-corrected chi connectivity index (χ2v) is 16.0. The molecule has 3 nitrogen and oxygen atoms in total. The first-order chi connectivity index (χ1) is 20.2. The lowest BCUT2D eigenvalue weighted by Crippen LogP contribution is -2.54. The van der Waals surface area contributed by atoms with Gasteiger partial charge in [-0.25, -0.2) is 4.39 Å². The van der Waals surface area contributed by atoms with Crippen molar-refractivity contribution in [1.29, 1.82) is 0 Å². The van der Waals surface area contributed by atoms with Crippen LogP contribution in [0.15, 0.2) is 24.3 Å². The van der Waals surface area contributed by atoms with E-state index in [-0.39, 0.29) is 5.82 Å². The molecule has 5 fully saturated rings. The predicted molar refractivity (Wildman–Crippen MR) is 170 cm³/mol. The lowest BCUT2D eigenvalue weighted by atomic mass is 9.44. The first-order valence-electron chi connectivity index (χ1n) is 17.9. The molecule has 12 atom stereocenters. The molecule has 0 bridgehead atoms. The second kappa shape index (κ2) is 12.4. The van der Waals surface area contributed by atoms with Gasteiger partial charge in [0, 0.05) is 6.54 Å². The number of halogens is 1. The van der Waals surface area contributed by atoms with Crippen LogP contribution in [0.1, 0.15) is 111 Å². The molecule has 0 unspecified atom stereocenters. The van der Waals surface area contributed by atoms with Crippen molar-refractivity contribution in [2.75, 3.05) is 19.6 Å². The van der Waals surface area contributed by atoms with Crippen LogP contribution in [0.25, 0.3) is 0 Å². The lowest BCUT2D eigenvalue weighted by molar-refractivity contribution is -0.139. The Morgan fingerprint density at radius 2 is 1.71 bits per heavy atom. The number of fused-ring (bicyclic) bond motifs is 7. The zero-order valence-electron chi connectivity index (χ0n) is 27.6. The molecule has 4 aliphatic carbocycles. The first kappa shape index (κ1) is 31.0. The largest absolute Gasteiger partial charge is 0.374 e. The summed E-state index contributed by atoms with van der Waals surface area (Å²) in [4.78, 5) is 2.57. The normalized spacial score (nSPS) is 43.5. The summed E-state index contributed by atoms with van der Waals surface area (Å²) >= 11 is 0. The van der Waals surface area contributed by atoms with Gasteiger partial charge in [-0.3, -0.25) is 0 Å². The molecule has 5 aliphatic rings. The second-order valence-electron chi connectivity index (χ2n) is 16.0. The summed E-state index contributed by atoms with van der Waals surface area (Å²) in [5.74, 6) is 5.43. The molecule has 1 aliphatic heterocycles. The minimum atomic E-state index is -0.171. The topological polar surface area (TPSA) is 21.7 Å². The summed E-state index contributed by atoms with van der Waals surface area (Å²) in [6, 6.07) is 6.83. The Kier molecular flexibility index (Phi) is 9.19. The quantitative estimate of drug-likeness (QED) is 0.275. The Bertz CT molecular complexity index is 1040. The maximum atomic E-state index is 13.3. The van der Waals surface area contributed by atoms with Crippen LogP contribution in [0, 0.1) is 58.1 Å². The first-order valence-corrected chi connectivity index (χ1v) is 17.9. The number of nitrogens with zero attached hydrogens (tertiary/aromatic N) is 1. The summed E-state index contributed by atoms with van der Waals surface area (Å²) < 4.78 is 26.7. The fraction of sp³-hybridized carbons (Fsp3) is 0.842. The molecule has 4 saturated carbocycles. The van der Waals surface area contributed by atoms with Crippen molar-refractivity contribution in [3.05, 3.63) is 35.6 Å². The van der Waals surface area contributed by atoms with Gasteiger partial charge in [0.05, 0.1) is 24.9 Å². The van der Waals surface area contributed by atoms with Crippen molar-refractivity contribution in [2.45, 2.75) is 131 Å². The molecule has 1 saturated heterocycles. The molecule has 0 radical (unpaired) electrons. The van der Waals surface area contributed by atoms with Gasteiger partial charge >= 0.3 is 0 Å². The van der Waals surface area contributed by atoms with Crippen LogP contribution in [-0.2, 0) is 16.1 Å². The van der Waals surface area contributed by atoms with Crippen molar-refractivity contribution >= 4 is 0 Å². The number of benzene rings is 1. The van der Waals surface area contributed by atoms with Gasteiger partial charge in [-0.15, -0.1) is 0 Å². The van der Waals surface area contributed by atoms with Gasteiger partial charge < -0.3 is 14.4 Å². The molecule has 1 aromatic carbocycles. The summed E-state index contributed by atoms with van der Waals surface area (Å²) in [6.07, 6.45) is 14.5. The van der Waals surface area contributed by atoms with E-state index in [0.717, 1.165) is 54.2 Å². The molecule has 6 rings (SSSR count). The van der Waals surface area contributed by atoms with E-state index in [9.17, 15) is 4.39 Å². The Morgan fingerprint density at radius 3 is 2.45 bits per heavy atom. The third kappa shape index (κ3) is 5.64. The van der Waals surface area contributed by atoms with Gasteiger partial charge in [-0.1, -0.05) is 53.7 Å². The van der Waals surface area contributed by atoms with Gasteiger partial charge in [0.25, 0.3) is 0 Å². The van der Waals surface area contributed by atoms with E-state index in [4.69, 9.17) is 9.47 Å². The fourth-order valence-corrected chi connectivity index (χ4v) is 11.6. The van der Waals surface area contributed by atoms with Crippen LogP contribution in [0.4, 0.5) is 4.39 Å². The highest BCUT2D eigenvalue weighted by molar-refractivity contribution is 5.16. The van der Waals surface area contributed by atoms with Crippen molar-refractivity contribution in [3.63, 3.8) is 0 Å². The number of hydrogen-bond acceptors (Lipinski definition) is 3. The smallest absolute Gasteiger partial charge is 0.123 e. The van der Waals surface area contributed by atoms with Gasteiger partial charge in [-0.05, 0) is 147 Å². The minimum absolute atomic E-state index is 0.171. The number of rotatable bonds is 10. The lowest BCUT2D eigenvalue weighted by Gasteiger charge is -2.61. The van der Waals surface area contributed by atoms with Crippen molar-refractivity contribution in [2.24, 2.45) is 52.3 Å². The Morgan fingerprint density at radius 1 is 0.976 bits per heavy atom. The minimum Gasteiger partial charge on any atom is -0.374 e. The van der Waals surface area contributed by atoms with Crippen molar-refractivity contribution in [1.82, 2.24) is 4.90 Å². The van der Waals surface area contributed by atoms with Crippen LogP contribution in [0.2, 0.25) is 0 Å². The maximum absolute atomic E-state index is 13.3. The van der Waals surface area contributed by atoms with Crippen molar-refractivity contribution in [3.8, 4) is 0 Å². The summed E-state index contributed by atoms with van der Waals surface area (Å²) in [5.41, 5.74) is 2.01. The highest BCUT2D eigenvalue weighted by atomic mass is 19.1. The molecular formula is C38H60FNO2. The van der Waals surface area contributed by atoms with E-state index in [1.165, 1.54) is 70.8 Å². The van der Waals surface area contributed by atoms with Gasteiger partial charge in [-0.2, -0.15) is 0 Å². The summed E-state index contributed by atoms with van der Waals surface area (Å²) in [7, 11) is 0. The molecule has 0 aromatic heterocycles. The zero-order valence-corrected chi connectivity index (χ0v) is 27.6. The molecule has 0 amide bonds. The monoisotopic (exact) mass is 581 g/mol. The van der Waals surface area contributed by atoms with Crippen molar-refractivity contribution < 1.29 is 13.9 Å². The van der Waals surface area contributed by atoms with E-state index in [1.807, 2.05) is 12.1 Å². The van der Waals surface area contributed by atoms with Gasteiger partial charge in [0.15, 0.2) is 0 Å². The van der Waals surface area contributed by atoms with Crippen LogP contribution < -0.4 is 0 Å². The average Bonchev–Trinajstić information content (AvgIpc) is 3.47. The highest BCUT2D eigenvalue weighted by Gasteiger charge is 2.65. The Labute approximate surface area is 256 Å². The van der Waals surface area contributed by atoms with Crippen LogP contribution >= 0.6 is 0 Å². The Hall–Kier alpha value is -0.970. The van der Waals surface area contributed by atoms with Crippen LogP contribution in [0.5, 0.6) is 0 Å². The predicted octanol–water partition coefficient (Wildman–Crippen LogP) is 9.14. The zero-order chi connectivity index (χ0) is 29.6. The van der Waals surface area contributed by atoms with Gasteiger partial charge in [0.2, 0.25) is 0 Å². The van der Waals surface area contributed by atoms with Gasteiger partial charge in [0.1, 0.15) is 5.82 Å². The third-order valence-electron chi connectivity index (χ3n) is 14.0. The summed E-state index contributed by atoms with van der Waals surface area (Å²) in [6.45, 7) is 19.1. The van der Waals surface area contributed by atoms with Crippen LogP contribution in [0.3, 0.4) is 0 Å².